The molecule has 1 saturated heterocycles. The van der Waals surface area contributed by atoms with Crippen molar-refractivity contribution in [3.8, 4) is 0 Å². The van der Waals surface area contributed by atoms with Crippen LogP contribution < -0.4 is 10.6 Å². The Labute approximate surface area is 140 Å². The fourth-order valence-electron chi connectivity index (χ4n) is 2.95. The molecule has 1 aliphatic rings. The Bertz CT molecular complexity index is 707. The summed E-state index contributed by atoms with van der Waals surface area (Å²) in [7, 11) is 1.78. The summed E-state index contributed by atoms with van der Waals surface area (Å²) in [5.41, 5.74) is 0.857. The van der Waals surface area contributed by atoms with Crippen molar-refractivity contribution in [2.45, 2.75) is 25.8 Å². The van der Waals surface area contributed by atoms with E-state index in [0.717, 1.165) is 25.1 Å². The highest BCUT2D eigenvalue weighted by molar-refractivity contribution is 5.79. The second-order valence-electron chi connectivity index (χ2n) is 5.72. The quantitative estimate of drug-likeness (QED) is 0.852. The van der Waals surface area contributed by atoms with E-state index in [1.165, 1.54) is 0 Å². The highest BCUT2D eigenvalue weighted by atomic mass is 16.2. The first-order valence-corrected chi connectivity index (χ1v) is 8.00. The molecule has 126 valence electrons. The van der Waals surface area contributed by atoms with Crippen LogP contribution in [0.2, 0.25) is 0 Å². The molecular formula is C16H21N7O. The molecule has 1 aliphatic heterocycles. The van der Waals surface area contributed by atoms with Crippen LogP contribution in [-0.4, -0.2) is 50.9 Å². The number of nitrogens with one attached hydrogen (secondary N) is 2. The molecule has 0 saturated carbocycles. The number of carbonyl (C=O) groups excluding carboxylic acids is 1. The minimum Gasteiger partial charge on any atom is -0.333 e. The van der Waals surface area contributed by atoms with E-state index >= 15 is 0 Å². The summed E-state index contributed by atoms with van der Waals surface area (Å²) in [6.45, 7) is 2.95. The maximum absolute atomic E-state index is 12.3. The van der Waals surface area contributed by atoms with Gasteiger partial charge in [0.1, 0.15) is 17.5 Å². The molecule has 0 radical (unpaired) electrons. The molecule has 24 heavy (non-hydrogen) atoms. The van der Waals surface area contributed by atoms with E-state index in [1.807, 2.05) is 17.9 Å². The monoisotopic (exact) mass is 327 g/mol. The molecule has 3 heterocycles. The molecule has 3 rings (SSSR count). The lowest BCUT2D eigenvalue weighted by atomic mass is 10.1. The molecular weight excluding hydrogens is 306 g/mol. The van der Waals surface area contributed by atoms with E-state index in [1.54, 1.807) is 25.6 Å². The Hall–Kier alpha value is -2.61. The van der Waals surface area contributed by atoms with Crippen LogP contribution in [0.25, 0.3) is 0 Å². The van der Waals surface area contributed by atoms with Gasteiger partial charge in [-0.1, -0.05) is 0 Å². The highest BCUT2D eigenvalue weighted by Crippen LogP contribution is 2.31. The summed E-state index contributed by atoms with van der Waals surface area (Å²) in [5.74, 6) is 2.04. The molecule has 1 fully saturated rings. The molecule has 0 bridgehead atoms. The number of rotatable bonds is 5. The van der Waals surface area contributed by atoms with Crippen LogP contribution >= 0.6 is 0 Å². The predicted molar refractivity (Wildman–Crippen MR) is 89.7 cm³/mol. The third-order valence-electron chi connectivity index (χ3n) is 3.92. The maximum Gasteiger partial charge on any atom is 0.237 e. The van der Waals surface area contributed by atoms with Crippen molar-refractivity contribution < 1.29 is 4.79 Å². The van der Waals surface area contributed by atoms with Crippen LogP contribution in [0.4, 0.5) is 11.6 Å². The molecule has 8 nitrogen and oxygen atoms in total. The number of likely N-dealkylation sites (N-methyl/N-ethyl adjacent to an activating group) is 1. The molecule has 2 aromatic heterocycles. The van der Waals surface area contributed by atoms with Gasteiger partial charge in [0.2, 0.25) is 5.91 Å². The van der Waals surface area contributed by atoms with Crippen LogP contribution in [0.1, 0.15) is 30.4 Å². The number of anilines is 2. The number of carbonyl (C=O) groups is 1. The van der Waals surface area contributed by atoms with Crippen molar-refractivity contribution in [1.29, 1.82) is 0 Å². The van der Waals surface area contributed by atoms with Gasteiger partial charge in [0, 0.05) is 25.0 Å². The minimum atomic E-state index is -0.00467. The van der Waals surface area contributed by atoms with Gasteiger partial charge in [-0.2, -0.15) is 0 Å². The lowest BCUT2D eigenvalue weighted by Crippen LogP contribution is -2.37. The van der Waals surface area contributed by atoms with Gasteiger partial charge in [-0.25, -0.2) is 15.0 Å². The van der Waals surface area contributed by atoms with Crippen LogP contribution in [0.15, 0.2) is 24.7 Å². The van der Waals surface area contributed by atoms with Crippen molar-refractivity contribution in [2.24, 2.45) is 0 Å². The number of aryl methyl sites for hydroxylation is 1. The van der Waals surface area contributed by atoms with E-state index in [-0.39, 0.29) is 11.9 Å². The number of aromatic nitrogens is 4. The van der Waals surface area contributed by atoms with E-state index in [4.69, 9.17) is 0 Å². The fraction of sp³-hybridized carbons (Fsp3) is 0.438. The Balaban J connectivity index is 1.84. The van der Waals surface area contributed by atoms with Crippen LogP contribution in [0.3, 0.4) is 0 Å². The highest BCUT2D eigenvalue weighted by Gasteiger charge is 2.30. The van der Waals surface area contributed by atoms with Crippen LogP contribution in [0.5, 0.6) is 0 Å². The second kappa shape index (κ2) is 7.31. The minimum absolute atomic E-state index is 0.00467. The lowest BCUT2D eigenvalue weighted by Gasteiger charge is -2.24. The van der Waals surface area contributed by atoms with Crippen molar-refractivity contribution in [1.82, 2.24) is 30.2 Å². The predicted octanol–water partition coefficient (Wildman–Crippen LogP) is 1.20. The van der Waals surface area contributed by atoms with E-state index in [9.17, 15) is 4.79 Å². The Morgan fingerprint density at radius 2 is 2.21 bits per heavy atom. The molecule has 2 N–H and O–H groups in total. The van der Waals surface area contributed by atoms with E-state index in [2.05, 4.69) is 30.6 Å². The molecule has 8 heteroatoms. The zero-order valence-corrected chi connectivity index (χ0v) is 13.9. The van der Waals surface area contributed by atoms with Gasteiger partial charge in [-0.15, -0.1) is 0 Å². The smallest absolute Gasteiger partial charge is 0.237 e. The summed E-state index contributed by atoms with van der Waals surface area (Å²) < 4.78 is 0. The molecule has 1 amide bonds. The third-order valence-corrected chi connectivity index (χ3v) is 3.92. The number of hydrogen-bond donors (Lipinski definition) is 2. The van der Waals surface area contributed by atoms with Crippen molar-refractivity contribution in [3.63, 3.8) is 0 Å². The van der Waals surface area contributed by atoms with Crippen molar-refractivity contribution in [2.75, 3.05) is 25.5 Å². The Morgan fingerprint density at radius 1 is 1.33 bits per heavy atom. The average molecular weight is 327 g/mol. The SMILES string of the molecule is CNCC(=O)N1CCCC1c1cc(Nc2cnccn2)nc(C)n1. The number of likely N-dealkylation sites (tertiary alicyclic amines) is 1. The number of nitrogens with zero attached hydrogens (tertiary/aromatic N) is 5. The van der Waals surface area contributed by atoms with Crippen LogP contribution in [0, 0.1) is 6.92 Å². The zero-order valence-electron chi connectivity index (χ0n) is 13.9. The molecule has 2 aromatic rings. The maximum atomic E-state index is 12.3. The van der Waals surface area contributed by atoms with Crippen LogP contribution in [-0.2, 0) is 4.79 Å². The van der Waals surface area contributed by atoms with Crippen molar-refractivity contribution in [3.05, 3.63) is 36.2 Å². The van der Waals surface area contributed by atoms with Gasteiger partial charge in [0.05, 0.1) is 24.5 Å². The van der Waals surface area contributed by atoms with Gasteiger partial charge in [0.15, 0.2) is 0 Å². The topological polar surface area (TPSA) is 95.9 Å². The third kappa shape index (κ3) is 3.65. The Morgan fingerprint density at radius 3 is 2.96 bits per heavy atom. The zero-order chi connectivity index (χ0) is 16.9. The number of hydrogen-bond acceptors (Lipinski definition) is 7. The molecule has 0 aromatic carbocycles. The largest absolute Gasteiger partial charge is 0.333 e. The first kappa shape index (κ1) is 16.3. The molecule has 0 aliphatic carbocycles. The van der Waals surface area contributed by atoms with Gasteiger partial charge in [-0.3, -0.25) is 9.78 Å². The number of amides is 1. The van der Waals surface area contributed by atoms with Gasteiger partial charge >= 0.3 is 0 Å². The van der Waals surface area contributed by atoms with E-state index < -0.39 is 0 Å². The van der Waals surface area contributed by atoms with Crippen molar-refractivity contribution >= 4 is 17.5 Å². The summed E-state index contributed by atoms with van der Waals surface area (Å²) in [6, 6.07) is 1.88. The van der Waals surface area contributed by atoms with E-state index in [0.29, 0.717) is 24.0 Å². The Kier molecular flexibility index (Phi) is 4.95. The molecule has 1 unspecified atom stereocenters. The first-order valence-electron chi connectivity index (χ1n) is 8.00. The standard InChI is InChI=1S/C16H21N7O/c1-11-20-12(13-4-3-7-23(13)16(24)10-17-2)8-14(21-11)22-15-9-18-5-6-19-15/h5-6,8-9,13,17H,3-4,7,10H2,1-2H3,(H,19,20,21,22). The second-order valence-corrected chi connectivity index (χ2v) is 5.72. The van der Waals surface area contributed by atoms with Gasteiger partial charge < -0.3 is 15.5 Å². The summed E-state index contributed by atoms with van der Waals surface area (Å²) in [6.07, 6.45) is 6.76. The molecule has 0 spiro atoms. The average Bonchev–Trinajstić information content (AvgIpc) is 3.05. The normalized spacial score (nSPS) is 17.1. The summed E-state index contributed by atoms with van der Waals surface area (Å²) in [4.78, 5) is 31.3. The lowest BCUT2D eigenvalue weighted by molar-refractivity contribution is -0.131. The first-order chi connectivity index (χ1) is 11.7. The summed E-state index contributed by atoms with van der Waals surface area (Å²) in [5, 5.41) is 6.06. The fourth-order valence-corrected chi connectivity index (χ4v) is 2.95. The summed E-state index contributed by atoms with van der Waals surface area (Å²) >= 11 is 0. The van der Waals surface area contributed by atoms with Gasteiger partial charge in [0.25, 0.3) is 0 Å². The van der Waals surface area contributed by atoms with Gasteiger partial charge in [-0.05, 0) is 26.8 Å². The molecule has 1 atom stereocenters.